The van der Waals surface area contributed by atoms with Gasteiger partial charge >= 0.3 is 0 Å². The molecule has 0 aliphatic heterocycles. The minimum Gasteiger partial charge on any atom is -0.340 e. The molecule has 0 spiro atoms. The molecule has 3 atom stereocenters. The van der Waals surface area contributed by atoms with Gasteiger partial charge in [-0.2, -0.15) is 0 Å². The topological polar surface area (TPSA) is 80.5 Å². The van der Waals surface area contributed by atoms with Gasteiger partial charge in [-0.25, -0.2) is 8.42 Å². The number of amides is 1. The van der Waals surface area contributed by atoms with Gasteiger partial charge in [-0.3, -0.25) is 4.79 Å². The van der Waals surface area contributed by atoms with Crippen LogP contribution in [0.4, 0.5) is 0 Å². The summed E-state index contributed by atoms with van der Waals surface area (Å²) >= 11 is 0. The SMILES string of the molecule is CCC(N)C(=O)N(C)C1CCCCC1S(C)(=O)=O.Cl. The quantitative estimate of drug-likeness (QED) is 0.838. The molecule has 114 valence electrons. The number of likely N-dealkylation sites (N-methyl/N-ethyl adjacent to an activating group) is 1. The average molecular weight is 313 g/mol. The van der Waals surface area contributed by atoms with E-state index < -0.39 is 21.1 Å². The van der Waals surface area contributed by atoms with E-state index in [1.807, 2.05) is 6.92 Å². The van der Waals surface area contributed by atoms with Crippen molar-refractivity contribution in [1.29, 1.82) is 0 Å². The molecule has 1 fully saturated rings. The summed E-state index contributed by atoms with van der Waals surface area (Å²) in [5.74, 6) is -0.155. The van der Waals surface area contributed by atoms with E-state index in [2.05, 4.69) is 0 Å². The van der Waals surface area contributed by atoms with Gasteiger partial charge in [-0.1, -0.05) is 19.8 Å². The van der Waals surface area contributed by atoms with Gasteiger partial charge in [-0.15, -0.1) is 12.4 Å². The number of nitrogens with two attached hydrogens (primary N) is 1. The van der Waals surface area contributed by atoms with E-state index in [0.717, 1.165) is 19.3 Å². The Labute approximate surface area is 122 Å². The fourth-order valence-electron chi connectivity index (χ4n) is 2.62. The van der Waals surface area contributed by atoms with Crippen molar-refractivity contribution in [3.8, 4) is 0 Å². The standard InChI is InChI=1S/C12H24N2O3S.ClH/c1-4-9(13)12(15)14(2)10-7-5-6-8-11(10)18(3,16)17;/h9-11H,4-8,13H2,1-3H3;1H. The maximum atomic E-state index is 12.1. The molecule has 0 saturated heterocycles. The normalized spacial score (nSPS) is 25.3. The van der Waals surface area contributed by atoms with E-state index in [4.69, 9.17) is 5.73 Å². The molecule has 0 aromatic heterocycles. The van der Waals surface area contributed by atoms with Gasteiger partial charge in [0.15, 0.2) is 9.84 Å². The van der Waals surface area contributed by atoms with Crippen LogP contribution in [0.15, 0.2) is 0 Å². The molecular formula is C12H25ClN2O3S. The first-order valence-electron chi connectivity index (χ1n) is 6.50. The Morgan fingerprint density at radius 2 is 1.89 bits per heavy atom. The lowest BCUT2D eigenvalue weighted by Crippen LogP contribution is -2.53. The Balaban J connectivity index is 0.00000324. The number of nitrogens with zero attached hydrogens (tertiary/aromatic N) is 1. The molecule has 1 saturated carbocycles. The maximum Gasteiger partial charge on any atom is 0.239 e. The van der Waals surface area contributed by atoms with Crippen molar-refractivity contribution in [2.45, 2.75) is 56.4 Å². The Morgan fingerprint density at radius 3 is 2.37 bits per heavy atom. The van der Waals surface area contributed by atoms with Crippen LogP contribution in [0, 0.1) is 0 Å². The molecule has 0 aromatic rings. The second-order valence-electron chi connectivity index (χ2n) is 5.18. The molecule has 2 N–H and O–H groups in total. The van der Waals surface area contributed by atoms with Crippen molar-refractivity contribution >= 4 is 28.2 Å². The predicted octanol–water partition coefficient (Wildman–Crippen LogP) is 0.960. The van der Waals surface area contributed by atoms with Gasteiger partial charge in [0.2, 0.25) is 5.91 Å². The van der Waals surface area contributed by atoms with Crippen LogP contribution in [-0.2, 0) is 14.6 Å². The van der Waals surface area contributed by atoms with Gasteiger partial charge in [-0.05, 0) is 19.3 Å². The van der Waals surface area contributed by atoms with Crippen LogP contribution in [0.1, 0.15) is 39.0 Å². The number of sulfone groups is 1. The zero-order valence-electron chi connectivity index (χ0n) is 11.8. The summed E-state index contributed by atoms with van der Waals surface area (Å²) in [5, 5.41) is -0.441. The molecule has 1 aliphatic rings. The van der Waals surface area contributed by atoms with Crippen LogP contribution in [0.25, 0.3) is 0 Å². The summed E-state index contributed by atoms with van der Waals surface area (Å²) in [6.45, 7) is 1.85. The van der Waals surface area contributed by atoms with Gasteiger partial charge in [0.05, 0.1) is 11.3 Å². The number of rotatable bonds is 4. The third-order valence-corrected chi connectivity index (χ3v) is 5.47. The smallest absolute Gasteiger partial charge is 0.239 e. The van der Waals surface area contributed by atoms with Crippen LogP contribution >= 0.6 is 12.4 Å². The van der Waals surface area contributed by atoms with Crippen LogP contribution < -0.4 is 5.73 Å². The molecule has 0 aromatic carbocycles. The van der Waals surface area contributed by atoms with E-state index >= 15 is 0 Å². The maximum absolute atomic E-state index is 12.1. The number of carbonyl (C=O) groups is 1. The van der Waals surface area contributed by atoms with E-state index in [1.54, 1.807) is 11.9 Å². The zero-order chi connectivity index (χ0) is 13.9. The Morgan fingerprint density at radius 1 is 1.37 bits per heavy atom. The van der Waals surface area contributed by atoms with Crippen molar-refractivity contribution in [2.24, 2.45) is 5.73 Å². The largest absolute Gasteiger partial charge is 0.340 e. The number of carbonyl (C=O) groups excluding carboxylic acids is 1. The van der Waals surface area contributed by atoms with Crippen LogP contribution in [-0.4, -0.2) is 49.9 Å². The van der Waals surface area contributed by atoms with Crippen molar-refractivity contribution in [3.05, 3.63) is 0 Å². The lowest BCUT2D eigenvalue weighted by atomic mass is 9.93. The van der Waals surface area contributed by atoms with Crippen LogP contribution in [0.5, 0.6) is 0 Å². The van der Waals surface area contributed by atoms with Crippen molar-refractivity contribution in [3.63, 3.8) is 0 Å². The molecule has 7 heteroatoms. The third-order valence-electron chi connectivity index (χ3n) is 3.82. The summed E-state index contributed by atoms with van der Waals surface area (Å²) < 4.78 is 23.6. The highest BCUT2D eigenvalue weighted by molar-refractivity contribution is 7.91. The fourth-order valence-corrected chi connectivity index (χ4v) is 4.10. The lowest BCUT2D eigenvalue weighted by molar-refractivity contribution is -0.133. The first-order chi connectivity index (χ1) is 8.29. The molecule has 0 bridgehead atoms. The Kier molecular flexibility index (Phi) is 7.32. The highest BCUT2D eigenvalue weighted by Crippen LogP contribution is 2.27. The number of halogens is 1. The Hall–Kier alpha value is -0.330. The molecule has 1 aliphatic carbocycles. The van der Waals surface area contributed by atoms with Gasteiger partial charge in [0, 0.05) is 19.3 Å². The fraction of sp³-hybridized carbons (Fsp3) is 0.917. The van der Waals surface area contributed by atoms with E-state index in [1.165, 1.54) is 6.26 Å². The molecule has 1 amide bonds. The molecule has 0 radical (unpaired) electrons. The van der Waals surface area contributed by atoms with E-state index in [0.29, 0.717) is 12.8 Å². The molecule has 1 rings (SSSR count). The third kappa shape index (κ3) is 4.61. The first kappa shape index (κ1) is 18.7. The highest BCUT2D eigenvalue weighted by Gasteiger charge is 2.37. The highest BCUT2D eigenvalue weighted by atomic mass is 35.5. The Bertz CT molecular complexity index is 400. The summed E-state index contributed by atoms with van der Waals surface area (Å²) in [5.41, 5.74) is 5.74. The monoisotopic (exact) mass is 312 g/mol. The molecular weight excluding hydrogens is 288 g/mol. The van der Waals surface area contributed by atoms with Crippen LogP contribution in [0.3, 0.4) is 0 Å². The molecule has 19 heavy (non-hydrogen) atoms. The summed E-state index contributed by atoms with van der Waals surface area (Å²) in [6.07, 6.45) is 5.10. The zero-order valence-corrected chi connectivity index (χ0v) is 13.5. The molecule has 5 nitrogen and oxygen atoms in total. The number of hydrogen-bond acceptors (Lipinski definition) is 4. The summed E-state index contributed by atoms with van der Waals surface area (Å²) in [7, 11) is -1.45. The minimum absolute atomic E-state index is 0. The molecule has 0 heterocycles. The van der Waals surface area contributed by atoms with Crippen molar-refractivity contribution < 1.29 is 13.2 Å². The van der Waals surface area contributed by atoms with Gasteiger partial charge in [0.1, 0.15) is 0 Å². The van der Waals surface area contributed by atoms with Crippen LogP contribution in [0.2, 0.25) is 0 Å². The number of hydrogen-bond donors (Lipinski definition) is 1. The van der Waals surface area contributed by atoms with Gasteiger partial charge < -0.3 is 10.6 Å². The van der Waals surface area contributed by atoms with E-state index in [-0.39, 0.29) is 24.4 Å². The predicted molar refractivity (Wildman–Crippen MR) is 79.2 cm³/mol. The summed E-state index contributed by atoms with van der Waals surface area (Å²) in [4.78, 5) is 13.6. The average Bonchev–Trinajstić information content (AvgIpc) is 2.35. The lowest BCUT2D eigenvalue weighted by Gasteiger charge is -2.37. The van der Waals surface area contributed by atoms with E-state index in [9.17, 15) is 13.2 Å². The summed E-state index contributed by atoms with van der Waals surface area (Å²) in [6, 6.07) is -0.754. The molecule has 3 unspecified atom stereocenters. The minimum atomic E-state index is -3.12. The second kappa shape index (κ2) is 7.45. The van der Waals surface area contributed by atoms with Gasteiger partial charge in [0.25, 0.3) is 0 Å². The first-order valence-corrected chi connectivity index (χ1v) is 8.45. The van der Waals surface area contributed by atoms with Crippen molar-refractivity contribution in [2.75, 3.05) is 13.3 Å². The van der Waals surface area contributed by atoms with Crippen molar-refractivity contribution in [1.82, 2.24) is 4.90 Å². The second-order valence-corrected chi connectivity index (χ2v) is 7.45.